The highest BCUT2D eigenvalue weighted by atomic mass is 19.3. The summed E-state index contributed by atoms with van der Waals surface area (Å²) in [5.74, 6) is 0.382. The molecule has 0 amide bonds. The molecule has 0 aliphatic rings. The maximum absolute atomic E-state index is 13.0. The molecular formula is C23H21F2N5O2. The summed E-state index contributed by atoms with van der Waals surface area (Å²) in [5.41, 5.74) is 4.72. The number of carbonyl (C=O) groups is 1. The lowest BCUT2D eigenvalue weighted by Gasteiger charge is -2.11. The molecule has 0 saturated heterocycles. The van der Waals surface area contributed by atoms with Crippen molar-refractivity contribution in [1.29, 1.82) is 0 Å². The first-order valence-corrected chi connectivity index (χ1v) is 9.94. The Kier molecular flexibility index (Phi) is 5.81. The van der Waals surface area contributed by atoms with Crippen LogP contribution in [0.4, 0.5) is 8.78 Å². The van der Waals surface area contributed by atoms with E-state index in [0.717, 1.165) is 28.2 Å². The summed E-state index contributed by atoms with van der Waals surface area (Å²) in [5, 5.41) is 12.4. The number of Topliss-reactive ketones (excluding diaryl/α,β-unsaturated/α-hetero) is 1. The zero-order valence-electron chi connectivity index (χ0n) is 17.8. The van der Waals surface area contributed by atoms with Gasteiger partial charge in [-0.15, -0.1) is 10.2 Å². The molecular weight excluding hydrogens is 416 g/mol. The van der Waals surface area contributed by atoms with Gasteiger partial charge < -0.3 is 9.30 Å². The van der Waals surface area contributed by atoms with Gasteiger partial charge in [-0.1, -0.05) is 24.3 Å². The monoisotopic (exact) mass is 437 g/mol. The van der Waals surface area contributed by atoms with Gasteiger partial charge in [-0.25, -0.2) is 0 Å². The quantitative estimate of drug-likeness (QED) is 0.397. The molecule has 2 heterocycles. The normalized spacial score (nSPS) is 11.2. The molecule has 0 aliphatic carbocycles. The molecule has 0 bridgehead atoms. The van der Waals surface area contributed by atoms with Crippen molar-refractivity contribution < 1.29 is 18.3 Å². The van der Waals surface area contributed by atoms with E-state index in [1.165, 1.54) is 16.9 Å². The Labute approximate surface area is 183 Å². The molecule has 164 valence electrons. The van der Waals surface area contributed by atoms with Crippen molar-refractivity contribution in [2.24, 2.45) is 0 Å². The summed E-state index contributed by atoms with van der Waals surface area (Å²) in [4.78, 5) is 14.3. The van der Waals surface area contributed by atoms with Gasteiger partial charge in [0.25, 0.3) is 0 Å². The second kappa shape index (κ2) is 8.70. The number of hydrogen-bond acceptors (Lipinski definition) is 5. The van der Waals surface area contributed by atoms with Gasteiger partial charge >= 0.3 is 6.61 Å². The van der Waals surface area contributed by atoms with E-state index in [1.807, 2.05) is 49.6 Å². The number of aromatic nitrogens is 5. The molecule has 4 aromatic rings. The van der Waals surface area contributed by atoms with Crippen molar-refractivity contribution in [2.45, 2.75) is 33.9 Å². The minimum Gasteiger partial charge on any atom is -0.435 e. The van der Waals surface area contributed by atoms with E-state index in [9.17, 15) is 13.6 Å². The van der Waals surface area contributed by atoms with Crippen LogP contribution >= 0.6 is 0 Å². The maximum atomic E-state index is 13.0. The molecule has 0 fully saturated rings. The Morgan fingerprint density at radius 3 is 2.47 bits per heavy atom. The minimum atomic E-state index is -2.88. The van der Waals surface area contributed by atoms with Crippen LogP contribution in [-0.4, -0.2) is 37.2 Å². The predicted octanol–water partition coefficient (Wildman–Crippen LogP) is 4.54. The molecule has 0 unspecified atom stereocenters. The summed E-state index contributed by atoms with van der Waals surface area (Å²) >= 11 is 0. The second-order valence-corrected chi connectivity index (χ2v) is 7.37. The first-order chi connectivity index (χ1) is 15.3. The number of carbonyl (C=O) groups excluding carboxylic acids is 1. The van der Waals surface area contributed by atoms with E-state index >= 15 is 0 Å². The van der Waals surface area contributed by atoms with E-state index in [4.69, 9.17) is 0 Å². The third-order valence-electron chi connectivity index (χ3n) is 5.18. The van der Waals surface area contributed by atoms with Gasteiger partial charge in [0, 0.05) is 28.2 Å². The second-order valence-electron chi connectivity index (χ2n) is 7.37. The Balaban J connectivity index is 1.55. The Morgan fingerprint density at radius 1 is 1.06 bits per heavy atom. The smallest absolute Gasteiger partial charge is 0.387 e. The van der Waals surface area contributed by atoms with E-state index in [0.29, 0.717) is 11.4 Å². The van der Waals surface area contributed by atoms with Crippen molar-refractivity contribution in [3.8, 4) is 22.8 Å². The molecule has 9 heteroatoms. The van der Waals surface area contributed by atoms with Crippen molar-refractivity contribution >= 4 is 5.78 Å². The van der Waals surface area contributed by atoms with Gasteiger partial charge in [0.2, 0.25) is 5.82 Å². The number of halogens is 2. The fourth-order valence-electron chi connectivity index (χ4n) is 3.67. The number of ketones is 1. The minimum absolute atomic E-state index is 0.0512. The van der Waals surface area contributed by atoms with Gasteiger partial charge in [-0.05, 0) is 61.9 Å². The van der Waals surface area contributed by atoms with Crippen LogP contribution in [0.25, 0.3) is 17.1 Å². The van der Waals surface area contributed by atoms with Gasteiger partial charge in [-0.2, -0.15) is 13.6 Å². The number of rotatable bonds is 7. The van der Waals surface area contributed by atoms with Crippen molar-refractivity contribution in [3.05, 3.63) is 77.1 Å². The number of hydrogen-bond donors (Lipinski definition) is 0. The van der Waals surface area contributed by atoms with Gasteiger partial charge in [0.05, 0.1) is 0 Å². The topological polar surface area (TPSA) is 74.8 Å². The lowest BCUT2D eigenvalue weighted by Crippen LogP contribution is -2.14. The number of ether oxygens (including phenoxy) is 1. The summed E-state index contributed by atoms with van der Waals surface area (Å²) in [6.45, 7) is 2.73. The summed E-state index contributed by atoms with van der Waals surface area (Å²) < 4.78 is 31.0. The number of aryl methyl sites for hydroxylation is 2. The molecule has 0 aliphatic heterocycles. The average molecular weight is 437 g/mol. The van der Waals surface area contributed by atoms with Crippen LogP contribution in [0.2, 0.25) is 0 Å². The average Bonchev–Trinajstić information content (AvgIpc) is 3.32. The standard InChI is InChI=1S/C23H21F2N5O2/c1-14-6-4-5-7-19(14)22-26-28-29(27-22)13-21(31)20-12-15(2)30(16(20)3)17-8-10-18(11-9-17)32-23(24)25/h4-12,23H,13H2,1-3H3. The van der Waals surface area contributed by atoms with E-state index in [-0.39, 0.29) is 18.1 Å². The first kappa shape index (κ1) is 21.4. The zero-order valence-corrected chi connectivity index (χ0v) is 17.8. The van der Waals surface area contributed by atoms with Crippen LogP contribution in [0, 0.1) is 20.8 Å². The molecule has 2 aromatic heterocycles. The first-order valence-electron chi connectivity index (χ1n) is 9.94. The van der Waals surface area contributed by atoms with Gasteiger partial charge in [0.15, 0.2) is 5.78 Å². The lowest BCUT2D eigenvalue weighted by atomic mass is 10.1. The van der Waals surface area contributed by atoms with Crippen molar-refractivity contribution in [2.75, 3.05) is 0 Å². The highest BCUT2D eigenvalue weighted by Crippen LogP contribution is 2.24. The Morgan fingerprint density at radius 2 is 1.78 bits per heavy atom. The summed E-state index contributed by atoms with van der Waals surface area (Å²) in [6, 6.07) is 15.8. The number of nitrogens with zero attached hydrogens (tertiary/aromatic N) is 5. The van der Waals surface area contributed by atoms with Gasteiger partial charge in [0.1, 0.15) is 12.3 Å². The molecule has 7 nitrogen and oxygen atoms in total. The molecule has 32 heavy (non-hydrogen) atoms. The van der Waals surface area contributed by atoms with E-state index in [2.05, 4.69) is 20.1 Å². The number of tetrazole rings is 1. The van der Waals surface area contributed by atoms with Crippen LogP contribution in [0.15, 0.2) is 54.6 Å². The SMILES string of the molecule is Cc1ccccc1-c1nnn(CC(=O)c2cc(C)n(-c3ccc(OC(F)F)cc3)c2C)n1. The summed E-state index contributed by atoms with van der Waals surface area (Å²) in [7, 11) is 0. The van der Waals surface area contributed by atoms with Crippen LogP contribution in [0.3, 0.4) is 0 Å². The van der Waals surface area contributed by atoms with E-state index < -0.39 is 6.61 Å². The van der Waals surface area contributed by atoms with Crippen LogP contribution < -0.4 is 4.74 Å². The molecule has 0 atom stereocenters. The lowest BCUT2D eigenvalue weighted by molar-refractivity contribution is -0.0498. The highest BCUT2D eigenvalue weighted by Gasteiger charge is 2.19. The maximum Gasteiger partial charge on any atom is 0.387 e. The molecule has 2 aromatic carbocycles. The Bertz CT molecular complexity index is 1260. The molecule has 0 N–H and O–H groups in total. The fourth-order valence-corrected chi connectivity index (χ4v) is 3.67. The largest absolute Gasteiger partial charge is 0.435 e. The fraction of sp³-hybridized carbons (Fsp3) is 0.217. The van der Waals surface area contributed by atoms with Crippen molar-refractivity contribution in [3.63, 3.8) is 0 Å². The van der Waals surface area contributed by atoms with Crippen LogP contribution in [-0.2, 0) is 6.54 Å². The molecule has 0 radical (unpaired) electrons. The molecule has 4 rings (SSSR count). The zero-order chi connectivity index (χ0) is 22.8. The number of benzene rings is 2. The summed E-state index contributed by atoms with van der Waals surface area (Å²) in [6.07, 6.45) is 0. The van der Waals surface area contributed by atoms with Gasteiger partial charge in [-0.3, -0.25) is 4.79 Å². The van der Waals surface area contributed by atoms with E-state index in [1.54, 1.807) is 18.2 Å². The highest BCUT2D eigenvalue weighted by molar-refractivity contribution is 5.97. The van der Waals surface area contributed by atoms with Crippen LogP contribution in [0.5, 0.6) is 5.75 Å². The predicted molar refractivity (Wildman–Crippen MR) is 114 cm³/mol. The molecule has 0 saturated carbocycles. The number of alkyl halides is 2. The van der Waals surface area contributed by atoms with Crippen molar-refractivity contribution in [1.82, 2.24) is 24.8 Å². The van der Waals surface area contributed by atoms with Crippen LogP contribution in [0.1, 0.15) is 27.3 Å². The third-order valence-corrected chi connectivity index (χ3v) is 5.18. The molecule has 0 spiro atoms. The third kappa shape index (κ3) is 4.27. The Hall–Kier alpha value is -3.88.